The van der Waals surface area contributed by atoms with Crippen LogP contribution in [0.15, 0.2) is 24.3 Å². The Balaban J connectivity index is 2.61. The molecule has 0 aliphatic heterocycles. The van der Waals surface area contributed by atoms with Crippen molar-refractivity contribution in [1.82, 2.24) is 0 Å². The first-order valence-corrected chi connectivity index (χ1v) is 8.73. The molecular weight excluding hydrogens is 316 g/mol. The topological polar surface area (TPSA) is 18.5 Å². The molecule has 20 heavy (non-hydrogen) atoms. The summed E-state index contributed by atoms with van der Waals surface area (Å²) in [5.41, 5.74) is 0.252. The second-order valence-corrected chi connectivity index (χ2v) is 5.89. The third kappa shape index (κ3) is 5.35. The molecular formula is C17H27BrO2. The van der Waals surface area contributed by atoms with Crippen molar-refractivity contribution in [3.05, 3.63) is 24.3 Å². The average molecular weight is 343 g/mol. The van der Waals surface area contributed by atoms with Gasteiger partial charge in [-0.25, -0.2) is 0 Å². The molecule has 0 aromatic heterocycles. The van der Waals surface area contributed by atoms with E-state index < -0.39 is 0 Å². The van der Waals surface area contributed by atoms with E-state index in [0.717, 1.165) is 23.4 Å². The number of hydrogen-bond donors (Lipinski definition) is 0. The van der Waals surface area contributed by atoms with Crippen LogP contribution in [-0.4, -0.2) is 18.5 Å². The van der Waals surface area contributed by atoms with E-state index in [0.29, 0.717) is 6.61 Å². The second kappa shape index (κ2) is 9.28. The molecule has 0 amide bonds. The standard InChI is InChI=1S/C17H27BrO2/c1-4-11-17(13-18,12-5-2)14-20-16-9-7-15(8-10-16)19-6-3/h7-10H,4-6,11-14H2,1-3H3. The lowest BCUT2D eigenvalue weighted by molar-refractivity contribution is 0.144. The van der Waals surface area contributed by atoms with Gasteiger partial charge in [-0.05, 0) is 44.0 Å². The third-order valence-corrected chi connectivity index (χ3v) is 4.71. The molecule has 0 saturated carbocycles. The summed E-state index contributed by atoms with van der Waals surface area (Å²) in [6.07, 6.45) is 4.78. The number of alkyl halides is 1. The first kappa shape index (κ1) is 17.4. The molecule has 2 nitrogen and oxygen atoms in total. The lowest BCUT2D eigenvalue weighted by Gasteiger charge is -2.31. The van der Waals surface area contributed by atoms with Crippen molar-refractivity contribution in [1.29, 1.82) is 0 Å². The van der Waals surface area contributed by atoms with Crippen molar-refractivity contribution >= 4 is 15.9 Å². The average Bonchev–Trinajstić information content (AvgIpc) is 2.47. The Morgan fingerprint density at radius 3 is 1.80 bits per heavy atom. The van der Waals surface area contributed by atoms with Gasteiger partial charge in [-0.1, -0.05) is 42.6 Å². The molecule has 0 bridgehead atoms. The zero-order valence-corrected chi connectivity index (χ0v) is 14.5. The van der Waals surface area contributed by atoms with Crippen LogP contribution in [0.3, 0.4) is 0 Å². The summed E-state index contributed by atoms with van der Waals surface area (Å²) < 4.78 is 11.5. The molecule has 0 aliphatic rings. The highest BCUT2D eigenvalue weighted by Crippen LogP contribution is 2.33. The molecule has 0 heterocycles. The highest BCUT2D eigenvalue weighted by atomic mass is 79.9. The van der Waals surface area contributed by atoms with Crippen LogP contribution in [0.25, 0.3) is 0 Å². The maximum Gasteiger partial charge on any atom is 0.119 e. The maximum absolute atomic E-state index is 6.02. The Morgan fingerprint density at radius 2 is 1.40 bits per heavy atom. The van der Waals surface area contributed by atoms with Gasteiger partial charge in [-0.15, -0.1) is 0 Å². The predicted octanol–water partition coefficient (Wildman–Crippen LogP) is 5.45. The van der Waals surface area contributed by atoms with Crippen LogP contribution < -0.4 is 9.47 Å². The minimum Gasteiger partial charge on any atom is -0.494 e. The van der Waals surface area contributed by atoms with Crippen LogP contribution in [0.4, 0.5) is 0 Å². The molecule has 0 atom stereocenters. The van der Waals surface area contributed by atoms with Gasteiger partial charge in [0.05, 0.1) is 13.2 Å². The molecule has 1 aromatic carbocycles. The van der Waals surface area contributed by atoms with E-state index in [1.807, 2.05) is 31.2 Å². The number of ether oxygens (including phenoxy) is 2. The van der Waals surface area contributed by atoms with Gasteiger partial charge in [-0.3, -0.25) is 0 Å². The molecule has 3 heteroatoms. The van der Waals surface area contributed by atoms with E-state index in [2.05, 4.69) is 29.8 Å². The van der Waals surface area contributed by atoms with Crippen molar-refractivity contribution < 1.29 is 9.47 Å². The Kier molecular flexibility index (Phi) is 8.05. The fourth-order valence-corrected chi connectivity index (χ4v) is 3.26. The Labute approximate surface area is 132 Å². The highest BCUT2D eigenvalue weighted by molar-refractivity contribution is 9.09. The zero-order valence-electron chi connectivity index (χ0n) is 13.0. The summed E-state index contributed by atoms with van der Waals surface area (Å²) in [6, 6.07) is 7.91. The number of benzene rings is 1. The van der Waals surface area contributed by atoms with Crippen molar-refractivity contribution in [2.24, 2.45) is 5.41 Å². The van der Waals surface area contributed by atoms with E-state index in [-0.39, 0.29) is 5.41 Å². The third-order valence-electron chi connectivity index (χ3n) is 3.52. The quantitative estimate of drug-likeness (QED) is 0.526. The van der Waals surface area contributed by atoms with Crippen molar-refractivity contribution in [2.75, 3.05) is 18.5 Å². The van der Waals surface area contributed by atoms with Gasteiger partial charge in [0.1, 0.15) is 11.5 Å². The molecule has 0 aliphatic carbocycles. The molecule has 0 N–H and O–H groups in total. The summed E-state index contributed by atoms with van der Waals surface area (Å²) in [4.78, 5) is 0. The largest absolute Gasteiger partial charge is 0.494 e. The van der Waals surface area contributed by atoms with Gasteiger partial charge in [0.2, 0.25) is 0 Å². The maximum atomic E-state index is 6.02. The van der Waals surface area contributed by atoms with Crippen LogP contribution in [0.1, 0.15) is 46.5 Å². The van der Waals surface area contributed by atoms with Crippen molar-refractivity contribution in [3.63, 3.8) is 0 Å². The monoisotopic (exact) mass is 342 g/mol. The van der Waals surface area contributed by atoms with Crippen molar-refractivity contribution in [2.45, 2.75) is 46.5 Å². The van der Waals surface area contributed by atoms with E-state index >= 15 is 0 Å². The Hall–Kier alpha value is -0.700. The van der Waals surface area contributed by atoms with Gasteiger partial charge in [0.15, 0.2) is 0 Å². The molecule has 1 rings (SSSR count). The minimum absolute atomic E-state index is 0.252. The first-order valence-electron chi connectivity index (χ1n) is 7.61. The Morgan fingerprint density at radius 1 is 0.900 bits per heavy atom. The summed E-state index contributed by atoms with van der Waals surface area (Å²) in [7, 11) is 0. The first-order chi connectivity index (χ1) is 9.69. The SMILES string of the molecule is CCCC(CBr)(CCC)COc1ccc(OCC)cc1. The lowest BCUT2D eigenvalue weighted by Crippen LogP contribution is -2.30. The summed E-state index contributed by atoms with van der Waals surface area (Å²) >= 11 is 3.68. The molecule has 0 unspecified atom stereocenters. The lowest BCUT2D eigenvalue weighted by atomic mass is 9.82. The van der Waals surface area contributed by atoms with Gasteiger partial charge in [0, 0.05) is 10.7 Å². The smallest absolute Gasteiger partial charge is 0.119 e. The summed E-state index contributed by atoms with van der Waals surface area (Å²) in [5.74, 6) is 1.82. The Bertz CT molecular complexity index is 356. The van der Waals surface area contributed by atoms with Gasteiger partial charge < -0.3 is 9.47 Å². The van der Waals surface area contributed by atoms with Crippen LogP contribution >= 0.6 is 15.9 Å². The van der Waals surface area contributed by atoms with Crippen LogP contribution in [-0.2, 0) is 0 Å². The van der Waals surface area contributed by atoms with E-state index in [1.54, 1.807) is 0 Å². The molecule has 0 spiro atoms. The number of rotatable bonds is 10. The van der Waals surface area contributed by atoms with Gasteiger partial charge in [0.25, 0.3) is 0 Å². The van der Waals surface area contributed by atoms with Gasteiger partial charge in [-0.2, -0.15) is 0 Å². The zero-order chi connectivity index (χ0) is 14.8. The molecule has 0 saturated heterocycles. The van der Waals surface area contributed by atoms with E-state index in [1.165, 1.54) is 25.7 Å². The second-order valence-electron chi connectivity index (χ2n) is 5.33. The minimum atomic E-state index is 0.252. The highest BCUT2D eigenvalue weighted by Gasteiger charge is 2.28. The van der Waals surface area contributed by atoms with Gasteiger partial charge >= 0.3 is 0 Å². The fraction of sp³-hybridized carbons (Fsp3) is 0.647. The van der Waals surface area contributed by atoms with Crippen LogP contribution in [0, 0.1) is 5.41 Å². The molecule has 1 aromatic rings. The number of hydrogen-bond acceptors (Lipinski definition) is 2. The van der Waals surface area contributed by atoms with Crippen LogP contribution in [0.2, 0.25) is 0 Å². The summed E-state index contributed by atoms with van der Waals surface area (Å²) in [5, 5.41) is 0.999. The number of halogens is 1. The predicted molar refractivity (Wildman–Crippen MR) is 89.1 cm³/mol. The normalized spacial score (nSPS) is 11.4. The van der Waals surface area contributed by atoms with Crippen LogP contribution in [0.5, 0.6) is 11.5 Å². The van der Waals surface area contributed by atoms with Crippen molar-refractivity contribution in [3.8, 4) is 11.5 Å². The molecule has 114 valence electrons. The summed E-state index contributed by atoms with van der Waals surface area (Å²) in [6.45, 7) is 7.94. The molecule has 0 fully saturated rings. The fourth-order valence-electron chi connectivity index (χ4n) is 2.54. The van der Waals surface area contributed by atoms with E-state index in [4.69, 9.17) is 9.47 Å². The molecule has 0 radical (unpaired) electrons. The van der Waals surface area contributed by atoms with E-state index in [9.17, 15) is 0 Å².